The molecule has 0 saturated carbocycles. The number of ether oxygens (including phenoxy) is 5. The van der Waals surface area contributed by atoms with Gasteiger partial charge in [-0.25, -0.2) is 0 Å². The molecule has 3 fully saturated rings. The molecule has 0 bridgehead atoms. The third-order valence-electron chi connectivity index (χ3n) is 6.10. The lowest BCUT2D eigenvalue weighted by molar-refractivity contribution is -0.377. The van der Waals surface area contributed by atoms with Crippen molar-refractivity contribution in [3.63, 3.8) is 0 Å². The Hall–Kier alpha value is -1.09. The van der Waals surface area contributed by atoms with Crippen LogP contribution in [0.4, 0.5) is 0 Å². The van der Waals surface area contributed by atoms with Gasteiger partial charge in [0.05, 0.1) is 19.8 Å². The SMILES string of the molecule is CC(=O)N[C@H]1C(O)O[C@H](CO)[C@@H](O[C@@H]2O[C@H](CO)[C@@H](O)[C@H](O)[C@@H]2O[C@@H]2OC[C@@H](O)[C@H](O)[C@H]2O)[C@@H]1O. The van der Waals surface area contributed by atoms with E-state index in [0.717, 1.165) is 6.92 Å². The van der Waals surface area contributed by atoms with Gasteiger partial charge in [-0.15, -0.1) is 0 Å². The van der Waals surface area contributed by atoms with Crippen LogP contribution in [0, 0.1) is 0 Å². The summed E-state index contributed by atoms with van der Waals surface area (Å²) in [5, 5.41) is 93.0. The van der Waals surface area contributed by atoms with Gasteiger partial charge in [-0.3, -0.25) is 4.79 Å². The third-order valence-corrected chi connectivity index (χ3v) is 6.10. The largest absolute Gasteiger partial charge is 0.394 e. The summed E-state index contributed by atoms with van der Waals surface area (Å²) in [5.41, 5.74) is 0. The maximum Gasteiger partial charge on any atom is 0.217 e. The van der Waals surface area contributed by atoms with Crippen LogP contribution in [0.25, 0.3) is 0 Å². The Bertz CT molecular complexity index is 701. The number of aliphatic hydroxyl groups is 9. The van der Waals surface area contributed by atoms with Crippen molar-refractivity contribution in [2.45, 2.75) is 92.9 Å². The predicted molar refractivity (Wildman–Crippen MR) is 107 cm³/mol. The predicted octanol–water partition coefficient (Wildman–Crippen LogP) is -6.79. The number of hydrogen-bond donors (Lipinski definition) is 10. The summed E-state index contributed by atoms with van der Waals surface area (Å²) in [6, 6.07) is -1.38. The zero-order valence-corrected chi connectivity index (χ0v) is 18.7. The Kier molecular flexibility index (Phi) is 9.74. The Balaban J connectivity index is 1.84. The highest BCUT2D eigenvalue weighted by Gasteiger charge is 2.53. The minimum Gasteiger partial charge on any atom is -0.394 e. The van der Waals surface area contributed by atoms with Gasteiger partial charge in [0.1, 0.15) is 67.1 Å². The average molecular weight is 515 g/mol. The van der Waals surface area contributed by atoms with Crippen LogP contribution in [0.5, 0.6) is 0 Å². The van der Waals surface area contributed by atoms with Crippen LogP contribution < -0.4 is 5.32 Å². The van der Waals surface area contributed by atoms with Gasteiger partial charge in [-0.05, 0) is 0 Å². The van der Waals surface area contributed by atoms with Crippen LogP contribution in [0.3, 0.4) is 0 Å². The Morgan fingerprint density at radius 1 is 0.800 bits per heavy atom. The van der Waals surface area contributed by atoms with Gasteiger partial charge in [-0.2, -0.15) is 0 Å². The van der Waals surface area contributed by atoms with Crippen LogP contribution in [0.2, 0.25) is 0 Å². The second-order valence-corrected chi connectivity index (χ2v) is 8.62. The van der Waals surface area contributed by atoms with Crippen molar-refractivity contribution in [3.8, 4) is 0 Å². The third kappa shape index (κ3) is 6.08. The Labute approximate surface area is 199 Å². The van der Waals surface area contributed by atoms with Crippen molar-refractivity contribution >= 4 is 5.91 Å². The molecule has 10 N–H and O–H groups in total. The number of carbonyl (C=O) groups is 1. The van der Waals surface area contributed by atoms with E-state index in [0.29, 0.717) is 0 Å². The lowest BCUT2D eigenvalue weighted by Crippen LogP contribution is -2.68. The second kappa shape index (κ2) is 12.0. The molecule has 0 radical (unpaired) electrons. The van der Waals surface area contributed by atoms with E-state index in [1.807, 2.05) is 0 Å². The summed E-state index contributed by atoms with van der Waals surface area (Å²) in [5.74, 6) is -0.615. The molecule has 1 unspecified atom stereocenters. The van der Waals surface area contributed by atoms with E-state index < -0.39 is 112 Å². The van der Waals surface area contributed by atoms with E-state index in [4.69, 9.17) is 23.7 Å². The number of aliphatic hydroxyl groups excluding tert-OH is 9. The monoisotopic (exact) mass is 515 g/mol. The Morgan fingerprint density at radius 3 is 2.03 bits per heavy atom. The number of rotatable bonds is 7. The molecule has 3 aliphatic heterocycles. The molecule has 3 heterocycles. The molecule has 0 aromatic heterocycles. The van der Waals surface area contributed by atoms with E-state index in [1.54, 1.807) is 0 Å². The van der Waals surface area contributed by atoms with Gasteiger partial charge in [0.15, 0.2) is 18.9 Å². The summed E-state index contributed by atoms with van der Waals surface area (Å²) in [6.45, 7) is -0.824. The molecule has 204 valence electrons. The highest BCUT2D eigenvalue weighted by Crippen LogP contribution is 2.31. The summed E-state index contributed by atoms with van der Waals surface area (Å²) in [4.78, 5) is 11.5. The van der Waals surface area contributed by atoms with E-state index in [-0.39, 0.29) is 0 Å². The molecule has 3 aliphatic rings. The molecule has 0 aromatic rings. The fourth-order valence-electron chi connectivity index (χ4n) is 4.16. The Morgan fingerprint density at radius 2 is 1.43 bits per heavy atom. The summed E-state index contributed by atoms with van der Waals surface area (Å²) in [7, 11) is 0. The molecule has 3 saturated heterocycles. The molecular weight excluding hydrogens is 482 g/mol. The first kappa shape index (κ1) is 28.5. The van der Waals surface area contributed by atoms with Crippen LogP contribution in [0.1, 0.15) is 6.92 Å². The van der Waals surface area contributed by atoms with Crippen molar-refractivity contribution in [1.29, 1.82) is 0 Å². The minimum atomic E-state index is -1.81. The number of nitrogens with one attached hydrogen (secondary N) is 1. The molecule has 0 spiro atoms. The van der Waals surface area contributed by atoms with Gasteiger partial charge in [0.2, 0.25) is 5.91 Å². The molecule has 16 heteroatoms. The standard InChI is InChI=1S/C19H33NO15/c1-5(23)20-9-12(27)15(8(3-22)32-17(9)30)34-19-16(13(28)11(26)7(2-21)33-19)35-18-14(29)10(25)6(24)4-31-18/h6-19,21-22,24-30H,2-4H2,1H3,(H,20,23)/t6-,7-,8-,9-,10+,11-,12-,13+,14-,15-,16+,17?,18+,19+/m1/s1. The van der Waals surface area contributed by atoms with Gasteiger partial charge in [-0.1, -0.05) is 0 Å². The normalized spacial score (nSPS) is 49.0. The molecule has 0 aromatic carbocycles. The zero-order valence-electron chi connectivity index (χ0n) is 18.7. The van der Waals surface area contributed by atoms with Gasteiger partial charge in [0, 0.05) is 6.92 Å². The van der Waals surface area contributed by atoms with E-state index in [9.17, 15) is 50.8 Å². The number of amides is 1. The van der Waals surface area contributed by atoms with Crippen molar-refractivity contribution < 1.29 is 74.4 Å². The summed E-state index contributed by atoms with van der Waals surface area (Å²) < 4.78 is 27.1. The number of hydrogen-bond acceptors (Lipinski definition) is 15. The fraction of sp³-hybridized carbons (Fsp3) is 0.947. The molecule has 0 aliphatic carbocycles. The first-order chi connectivity index (χ1) is 16.5. The molecular formula is C19H33NO15. The fourth-order valence-corrected chi connectivity index (χ4v) is 4.16. The quantitative estimate of drug-likeness (QED) is 0.151. The average Bonchev–Trinajstić information content (AvgIpc) is 2.82. The van der Waals surface area contributed by atoms with Crippen molar-refractivity contribution in [1.82, 2.24) is 5.32 Å². The van der Waals surface area contributed by atoms with Crippen LogP contribution in [0.15, 0.2) is 0 Å². The van der Waals surface area contributed by atoms with Gasteiger partial charge >= 0.3 is 0 Å². The van der Waals surface area contributed by atoms with Gasteiger partial charge < -0.3 is 75.0 Å². The molecule has 3 rings (SSSR count). The smallest absolute Gasteiger partial charge is 0.217 e. The maximum absolute atomic E-state index is 11.5. The van der Waals surface area contributed by atoms with Crippen LogP contribution >= 0.6 is 0 Å². The molecule has 35 heavy (non-hydrogen) atoms. The van der Waals surface area contributed by atoms with Crippen molar-refractivity contribution in [2.24, 2.45) is 0 Å². The number of carbonyl (C=O) groups excluding carboxylic acids is 1. The first-order valence-electron chi connectivity index (χ1n) is 11.0. The molecule has 14 atom stereocenters. The van der Waals surface area contributed by atoms with E-state index in [1.165, 1.54) is 0 Å². The first-order valence-corrected chi connectivity index (χ1v) is 11.0. The second-order valence-electron chi connectivity index (χ2n) is 8.62. The van der Waals surface area contributed by atoms with Crippen LogP contribution in [-0.2, 0) is 28.5 Å². The van der Waals surface area contributed by atoms with Gasteiger partial charge in [0.25, 0.3) is 0 Å². The van der Waals surface area contributed by atoms with E-state index in [2.05, 4.69) is 5.32 Å². The molecule has 16 nitrogen and oxygen atoms in total. The minimum absolute atomic E-state index is 0.433. The lowest BCUT2D eigenvalue weighted by Gasteiger charge is -2.48. The summed E-state index contributed by atoms with van der Waals surface area (Å²) in [6.07, 6.45) is -20.9. The van der Waals surface area contributed by atoms with Crippen molar-refractivity contribution in [3.05, 3.63) is 0 Å². The van der Waals surface area contributed by atoms with Crippen LogP contribution in [-0.4, -0.2) is 158 Å². The zero-order chi connectivity index (χ0) is 26.0. The highest BCUT2D eigenvalue weighted by molar-refractivity contribution is 5.73. The lowest BCUT2D eigenvalue weighted by atomic mass is 9.95. The topological polar surface area (TPSA) is 257 Å². The highest BCUT2D eigenvalue weighted by atomic mass is 16.8. The van der Waals surface area contributed by atoms with Crippen molar-refractivity contribution in [2.75, 3.05) is 19.8 Å². The maximum atomic E-state index is 11.5. The summed E-state index contributed by atoms with van der Waals surface area (Å²) >= 11 is 0. The molecule has 1 amide bonds. The van der Waals surface area contributed by atoms with E-state index >= 15 is 0 Å².